The quantitative estimate of drug-likeness (QED) is 0.834. The number of anilines is 1. The van der Waals surface area contributed by atoms with Gasteiger partial charge in [0.15, 0.2) is 0 Å². The number of likely N-dealkylation sites (tertiary alicyclic amines) is 1. The Kier molecular flexibility index (Phi) is 5.44. The molecule has 1 N–H and O–H groups in total. The van der Waals surface area contributed by atoms with Crippen molar-refractivity contribution in [3.8, 4) is 0 Å². The van der Waals surface area contributed by atoms with E-state index in [-0.39, 0.29) is 29.9 Å². The lowest BCUT2D eigenvalue weighted by molar-refractivity contribution is -0.113. The van der Waals surface area contributed by atoms with Crippen molar-refractivity contribution in [1.82, 2.24) is 4.90 Å². The van der Waals surface area contributed by atoms with Crippen molar-refractivity contribution in [3.05, 3.63) is 42.5 Å². The Morgan fingerprint density at radius 2 is 2.00 bits per heavy atom. The van der Waals surface area contributed by atoms with E-state index in [9.17, 15) is 14.7 Å². The topological polar surface area (TPSA) is 70.1 Å². The maximum Gasteiger partial charge on any atom is 0.254 e. The summed E-state index contributed by atoms with van der Waals surface area (Å²) in [4.78, 5) is 28.0. The lowest BCUT2D eigenvalue weighted by Gasteiger charge is -2.33. The highest BCUT2D eigenvalue weighted by Gasteiger charge is 2.46. The van der Waals surface area contributed by atoms with E-state index in [1.165, 1.54) is 11.0 Å². The number of amides is 2. The van der Waals surface area contributed by atoms with Crippen LogP contribution >= 0.6 is 0 Å². The highest BCUT2D eigenvalue weighted by atomic mass is 16.5. The predicted molar refractivity (Wildman–Crippen MR) is 99.1 cm³/mol. The zero-order valence-electron chi connectivity index (χ0n) is 15.2. The number of hydrogen-bond acceptors (Lipinski definition) is 4. The van der Waals surface area contributed by atoms with Gasteiger partial charge in [-0.3, -0.25) is 9.59 Å². The number of likely N-dealkylation sites (N-methyl/N-ethyl adjacent to an activating group) is 1. The van der Waals surface area contributed by atoms with Gasteiger partial charge in [0.1, 0.15) is 0 Å². The summed E-state index contributed by atoms with van der Waals surface area (Å²) in [7, 11) is 1.66. The standard InChI is InChI=1S/C20H26N2O4/c1-3-18(24)21(2)16-6-4-15(5-7-16)19(25)22-14-20(12-17(22)13-23)8-10-26-11-9-20/h3-7,17,23H,1,8-14H2,2H3. The summed E-state index contributed by atoms with van der Waals surface area (Å²) in [6.45, 7) is 5.56. The second-order valence-electron chi connectivity index (χ2n) is 7.23. The summed E-state index contributed by atoms with van der Waals surface area (Å²) in [5.41, 5.74) is 1.33. The van der Waals surface area contributed by atoms with Crippen LogP contribution in [0.4, 0.5) is 5.69 Å². The van der Waals surface area contributed by atoms with Crippen molar-refractivity contribution in [3.63, 3.8) is 0 Å². The van der Waals surface area contributed by atoms with Gasteiger partial charge in [-0.1, -0.05) is 6.58 Å². The summed E-state index contributed by atoms with van der Waals surface area (Å²) in [6.07, 6.45) is 3.94. The highest BCUT2D eigenvalue weighted by Crippen LogP contribution is 2.43. The molecule has 6 nitrogen and oxygen atoms in total. The van der Waals surface area contributed by atoms with Crippen molar-refractivity contribution >= 4 is 17.5 Å². The Balaban J connectivity index is 1.75. The number of aliphatic hydroxyl groups is 1. The van der Waals surface area contributed by atoms with Crippen LogP contribution in [0.1, 0.15) is 29.6 Å². The van der Waals surface area contributed by atoms with Gasteiger partial charge in [-0.05, 0) is 55.0 Å². The molecular weight excluding hydrogens is 332 g/mol. The zero-order chi connectivity index (χ0) is 18.7. The molecule has 0 aromatic heterocycles. The molecule has 0 aliphatic carbocycles. The third-order valence-electron chi connectivity index (χ3n) is 5.65. The number of carbonyl (C=O) groups excluding carboxylic acids is 2. The normalized spacial score (nSPS) is 21.6. The molecule has 2 aliphatic rings. The maximum absolute atomic E-state index is 13.0. The molecule has 2 aliphatic heterocycles. The van der Waals surface area contributed by atoms with Gasteiger partial charge in [-0.25, -0.2) is 0 Å². The minimum Gasteiger partial charge on any atom is -0.394 e. The first-order valence-electron chi connectivity index (χ1n) is 8.99. The zero-order valence-corrected chi connectivity index (χ0v) is 15.2. The van der Waals surface area contributed by atoms with E-state index in [0.29, 0.717) is 17.8 Å². The van der Waals surface area contributed by atoms with Gasteiger partial charge < -0.3 is 19.6 Å². The molecule has 2 fully saturated rings. The number of benzene rings is 1. The molecule has 1 spiro atoms. The van der Waals surface area contributed by atoms with Gasteiger partial charge in [0.25, 0.3) is 5.91 Å². The summed E-state index contributed by atoms with van der Waals surface area (Å²) in [5.74, 6) is -0.276. The molecule has 2 heterocycles. The van der Waals surface area contributed by atoms with Gasteiger partial charge in [-0.2, -0.15) is 0 Å². The molecule has 1 unspecified atom stereocenters. The van der Waals surface area contributed by atoms with Crippen molar-refractivity contribution in [2.45, 2.75) is 25.3 Å². The van der Waals surface area contributed by atoms with Crippen LogP contribution in [0, 0.1) is 5.41 Å². The SMILES string of the molecule is C=CC(=O)N(C)c1ccc(C(=O)N2CC3(CCOCC3)CC2CO)cc1. The maximum atomic E-state index is 13.0. The molecule has 0 radical (unpaired) electrons. The smallest absolute Gasteiger partial charge is 0.254 e. The number of aliphatic hydroxyl groups excluding tert-OH is 1. The van der Waals surface area contributed by atoms with Crippen LogP contribution in [-0.2, 0) is 9.53 Å². The van der Waals surface area contributed by atoms with Crippen LogP contribution in [0.5, 0.6) is 0 Å². The first-order chi connectivity index (χ1) is 12.5. The number of rotatable bonds is 4. The monoisotopic (exact) mass is 358 g/mol. The van der Waals surface area contributed by atoms with Gasteiger partial charge in [0, 0.05) is 38.1 Å². The Labute approximate surface area is 154 Å². The van der Waals surface area contributed by atoms with E-state index in [1.807, 2.05) is 0 Å². The average molecular weight is 358 g/mol. The lowest BCUT2D eigenvalue weighted by atomic mass is 9.78. The molecule has 0 bridgehead atoms. The molecule has 0 saturated carbocycles. The van der Waals surface area contributed by atoms with Crippen LogP contribution < -0.4 is 4.90 Å². The van der Waals surface area contributed by atoms with Gasteiger partial charge >= 0.3 is 0 Å². The molecule has 6 heteroatoms. The van der Waals surface area contributed by atoms with E-state index < -0.39 is 0 Å². The Hall–Kier alpha value is -2.18. The van der Waals surface area contributed by atoms with E-state index in [1.54, 1.807) is 36.2 Å². The molecule has 1 atom stereocenters. The Morgan fingerprint density at radius 1 is 1.35 bits per heavy atom. The van der Waals surface area contributed by atoms with E-state index in [2.05, 4.69) is 6.58 Å². The summed E-state index contributed by atoms with van der Waals surface area (Å²) >= 11 is 0. The molecule has 26 heavy (non-hydrogen) atoms. The van der Waals surface area contributed by atoms with Gasteiger partial charge in [-0.15, -0.1) is 0 Å². The molecule has 140 valence electrons. The highest BCUT2D eigenvalue weighted by molar-refractivity contribution is 6.01. The summed E-state index contributed by atoms with van der Waals surface area (Å²) < 4.78 is 5.46. The van der Waals surface area contributed by atoms with Crippen LogP contribution in [0.3, 0.4) is 0 Å². The molecule has 1 aromatic carbocycles. The molecule has 2 saturated heterocycles. The minimum atomic E-state index is -0.203. The van der Waals surface area contributed by atoms with E-state index >= 15 is 0 Å². The van der Waals surface area contributed by atoms with Crippen LogP contribution in [0.15, 0.2) is 36.9 Å². The van der Waals surface area contributed by atoms with E-state index in [4.69, 9.17) is 4.74 Å². The number of nitrogens with zero attached hydrogens (tertiary/aromatic N) is 2. The van der Waals surface area contributed by atoms with Crippen LogP contribution in [0.2, 0.25) is 0 Å². The third kappa shape index (κ3) is 3.52. The molecule has 2 amide bonds. The summed E-state index contributed by atoms with van der Waals surface area (Å²) in [5, 5.41) is 9.77. The lowest BCUT2D eigenvalue weighted by Crippen LogP contribution is -2.39. The number of hydrogen-bond donors (Lipinski definition) is 1. The van der Waals surface area contributed by atoms with Gasteiger partial charge in [0.05, 0.1) is 12.6 Å². The molecular formula is C20H26N2O4. The van der Waals surface area contributed by atoms with Gasteiger partial charge in [0.2, 0.25) is 5.91 Å². The Morgan fingerprint density at radius 3 is 2.58 bits per heavy atom. The van der Waals surface area contributed by atoms with E-state index in [0.717, 1.165) is 32.5 Å². The molecule has 1 aromatic rings. The minimum absolute atomic E-state index is 0.0248. The predicted octanol–water partition coefficient (Wildman–Crippen LogP) is 1.84. The number of carbonyl (C=O) groups is 2. The molecule has 3 rings (SSSR count). The third-order valence-corrected chi connectivity index (χ3v) is 5.65. The fourth-order valence-electron chi connectivity index (χ4n) is 3.99. The fraction of sp³-hybridized carbons (Fsp3) is 0.500. The Bertz CT molecular complexity index is 680. The fourth-order valence-corrected chi connectivity index (χ4v) is 3.99. The largest absolute Gasteiger partial charge is 0.394 e. The summed E-state index contributed by atoms with van der Waals surface area (Å²) in [6, 6.07) is 6.82. The van der Waals surface area contributed by atoms with Crippen LogP contribution in [-0.4, -0.2) is 61.3 Å². The number of ether oxygens (including phenoxy) is 1. The average Bonchev–Trinajstić information content (AvgIpc) is 3.04. The van der Waals surface area contributed by atoms with Crippen molar-refractivity contribution in [2.75, 3.05) is 38.3 Å². The second kappa shape index (κ2) is 7.60. The van der Waals surface area contributed by atoms with Crippen molar-refractivity contribution in [2.24, 2.45) is 5.41 Å². The first kappa shape index (κ1) is 18.6. The second-order valence-corrected chi connectivity index (χ2v) is 7.23. The van der Waals surface area contributed by atoms with Crippen LogP contribution in [0.25, 0.3) is 0 Å². The van der Waals surface area contributed by atoms with Crippen molar-refractivity contribution < 1.29 is 19.4 Å². The first-order valence-corrected chi connectivity index (χ1v) is 8.99. The van der Waals surface area contributed by atoms with Crippen molar-refractivity contribution in [1.29, 1.82) is 0 Å².